The number of nitro groups is 1. The number of phenols is 1. The highest BCUT2D eigenvalue weighted by Gasteiger charge is 2.23. The summed E-state index contributed by atoms with van der Waals surface area (Å²) in [6, 6.07) is 13.4. The van der Waals surface area contributed by atoms with Gasteiger partial charge in [0.1, 0.15) is 5.69 Å². The number of rotatable bonds is 6. The van der Waals surface area contributed by atoms with Crippen LogP contribution in [0.3, 0.4) is 0 Å². The molecule has 10 heteroatoms. The number of phenolic OH excluding ortho intramolecular Hbond substituents is 1. The number of aromatic amines is 1. The van der Waals surface area contributed by atoms with Crippen LogP contribution in [0.4, 0.5) is 5.69 Å². The maximum Gasteiger partial charge on any atom is 0.323 e. The summed E-state index contributed by atoms with van der Waals surface area (Å²) in [5.74, 6) is -1.23. The standard InChI is InChI=1S/C18H15N5O5/c1-28-17-15(24)8-7-12(16(17)23(26)27)10-19-22-18(25)14-9-13(20-21-14)11-5-3-2-4-6-11/h2-10,24H,1H3,(H,20,21)(H,22,25)/b19-10+. The Labute approximate surface area is 158 Å². The number of nitrogens with zero attached hydrogens (tertiary/aromatic N) is 3. The minimum absolute atomic E-state index is 0.0505. The van der Waals surface area contributed by atoms with E-state index in [9.17, 15) is 20.0 Å². The molecule has 3 N–H and O–H groups in total. The fourth-order valence-electron chi connectivity index (χ4n) is 2.48. The van der Waals surface area contributed by atoms with Crippen molar-refractivity contribution in [3.8, 4) is 22.8 Å². The maximum absolute atomic E-state index is 12.2. The molecule has 3 rings (SSSR count). The zero-order chi connectivity index (χ0) is 20.1. The molecule has 1 heterocycles. The smallest absolute Gasteiger partial charge is 0.323 e. The van der Waals surface area contributed by atoms with Crippen LogP contribution in [0.1, 0.15) is 16.1 Å². The van der Waals surface area contributed by atoms with Crippen molar-refractivity contribution in [1.29, 1.82) is 0 Å². The van der Waals surface area contributed by atoms with E-state index in [-0.39, 0.29) is 22.8 Å². The van der Waals surface area contributed by atoms with Crippen LogP contribution in [0.25, 0.3) is 11.3 Å². The molecular weight excluding hydrogens is 366 g/mol. The Morgan fingerprint density at radius 1 is 1.32 bits per heavy atom. The Kier molecular flexibility index (Phi) is 5.30. The van der Waals surface area contributed by atoms with E-state index in [0.717, 1.165) is 11.8 Å². The van der Waals surface area contributed by atoms with Crippen molar-refractivity contribution in [3.63, 3.8) is 0 Å². The van der Waals surface area contributed by atoms with Gasteiger partial charge < -0.3 is 9.84 Å². The van der Waals surface area contributed by atoms with E-state index in [1.807, 2.05) is 30.3 Å². The summed E-state index contributed by atoms with van der Waals surface area (Å²) in [4.78, 5) is 22.7. The molecule has 0 fully saturated rings. The van der Waals surface area contributed by atoms with E-state index < -0.39 is 16.5 Å². The summed E-state index contributed by atoms with van der Waals surface area (Å²) >= 11 is 0. The zero-order valence-corrected chi connectivity index (χ0v) is 14.6. The van der Waals surface area contributed by atoms with E-state index in [1.54, 1.807) is 6.07 Å². The summed E-state index contributed by atoms with van der Waals surface area (Å²) in [6.45, 7) is 0. The number of carbonyl (C=O) groups is 1. The number of amides is 1. The minimum atomic E-state index is -0.706. The van der Waals surface area contributed by atoms with Gasteiger partial charge in [-0.2, -0.15) is 10.2 Å². The van der Waals surface area contributed by atoms with Gasteiger partial charge in [0, 0.05) is 5.56 Å². The number of H-pyrrole nitrogens is 1. The van der Waals surface area contributed by atoms with Gasteiger partial charge in [-0.1, -0.05) is 30.3 Å². The fourth-order valence-corrected chi connectivity index (χ4v) is 2.48. The Balaban J connectivity index is 1.76. The largest absolute Gasteiger partial charge is 0.504 e. The van der Waals surface area contributed by atoms with Crippen molar-refractivity contribution in [1.82, 2.24) is 15.6 Å². The second-order valence-corrected chi connectivity index (χ2v) is 5.54. The lowest BCUT2D eigenvalue weighted by Crippen LogP contribution is -2.18. The number of nitro benzene ring substituents is 1. The summed E-state index contributed by atoms with van der Waals surface area (Å²) in [5, 5.41) is 31.3. The van der Waals surface area contributed by atoms with Crippen LogP contribution in [-0.2, 0) is 0 Å². The third-order valence-electron chi connectivity index (χ3n) is 3.79. The van der Waals surface area contributed by atoms with Crippen molar-refractivity contribution in [2.24, 2.45) is 5.10 Å². The van der Waals surface area contributed by atoms with Crippen molar-refractivity contribution >= 4 is 17.8 Å². The van der Waals surface area contributed by atoms with Gasteiger partial charge in [0.15, 0.2) is 5.75 Å². The third kappa shape index (κ3) is 3.80. The highest BCUT2D eigenvalue weighted by Crippen LogP contribution is 2.37. The van der Waals surface area contributed by atoms with Gasteiger partial charge in [-0.3, -0.25) is 20.0 Å². The third-order valence-corrected chi connectivity index (χ3v) is 3.79. The monoisotopic (exact) mass is 381 g/mol. The summed E-state index contributed by atoms with van der Waals surface area (Å²) in [6.07, 6.45) is 1.09. The molecule has 0 spiro atoms. The van der Waals surface area contributed by atoms with E-state index in [4.69, 9.17) is 4.74 Å². The number of carbonyl (C=O) groups excluding carboxylic acids is 1. The second kappa shape index (κ2) is 7.99. The number of nitrogens with one attached hydrogen (secondary N) is 2. The molecule has 3 aromatic rings. The SMILES string of the molecule is COc1c(O)ccc(/C=N/NC(=O)c2cc(-c3ccccc3)n[nH]2)c1[N+](=O)[O-]. The first-order valence-electron chi connectivity index (χ1n) is 8.00. The van der Waals surface area contributed by atoms with Crippen molar-refractivity contribution in [2.75, 3.05) is 7.11 Å². The average Bonchev–Trinajstić information content (AvgIpc) is 3.19. The van der Waals surface area contributed by atoms with Crippen LogP contribution in [-0.4, -0.2) is 39.5 Å². The number of hydrazone groups is 1. The quantitative estimate of drug-likeness (QED) is 0.340. The summed E-state index contributed by atoms with van der Waals surface area (Å²) in [7, 11) is 1.20. The van der Waals surface area contributed by atoms with Crippen LogP contribution >= 0.6 is 0 Å². The van der Waals surface area contributed by atoms with E-state index >= 15 is 0 Å². The molecule has 28 heavy (non-hydrogen) atoms. The molecule has 0 atom stereocenters. The topological polar surface area (TPSA) is 143 Å². The van der Waals surface area contributed by atoms with Gasteiger partial charge >= 0.3 is 5.69 Å². The Morgan fingerprint density at radius 3 is 2.75 bits per heavy atom. The average molecular weight is 381 g/mol. The molecule has 1 aromatic heterocycles. The lowest BCUT2D eigenvalue weighted by atomic mass is 10.1. The van der Waals surface area contributed by atoms with Gasteiger partial charge in [-0.15, -0.1) is 0 Å². The normalized spacial score (nSPS) is 10.8. The molecule has 0 aliphatic heterocycles. The molecule has 0 radical (unpaired) electrons. The second-order valence-electron chi connectivity index (χ2n) is 5.54. The Hall–Kier alpha value is -4.21. The molecular formula is C18H15N5O5. The molecule has 0 saturated heterocycles. The lowest BCUT2D eigenvalue weighted by molar-refractivity contribution is -0.386. The number of ether oxygens (including phenoxy) is 1. The highest BCUT2D eigenvalue weighted by atomic mass is 16.6. The molecule has 2 aromatic carbocycles. The van der Waals surface area contributed by atoms with Crippen molar-refractivity contribution in [2.45, 2.75) is 0 Å². The van der Waals surface area contributed by atoms with Crippen LogP contribution in [0.5, 0.6) is 11.5 Å². The molecule has 0 aliphatic carbocycles. The summed E-state index contributed by atoms with van der Waals surface area (Å²) in [5.41, 5.74) is 3.46. The fraction of sp³-hybridized carbons (Fsp3) is 0.0556. The number of aromatic hydroxyl groups is 1. The number of hydrogen-bond acceptors (Lipinski definition) is 7. The van der Waals surface area contributed by atoms with Gasteiger partial charge in [-0.25, -0.2) is 5.43 Å². The Bertz CT molecular complexity index is 1050. The number of aromatic nitrogens is 2. The van der Waals surface area contributed by atoms with Gasteiger partial charge in [-0.05, 0) is 18.2 Å². The summed E-state index contributed by atoms with van der Waals surface area (Å²) < 4.78 is 4.87. The van der Waals surface area contributed by atoms with Crippen LogP contribution in [0.15, 0.2) is 53.6 Å². The first kappa shape index (κ1) is 18.6. The number of benzene rings is 2. The van der Waals surface area contributed by atoms with E-state index in [0.29, 0.717) is 5.69 Å². The predicted octanol–water partition coefficient (Wildman–Crippen LogP) is 2.46. The first-order valence-corrected chi connectivity index (χ1v) is 8.00. The van der Waals surface area contributed by atoms with Crippen LogP contribution < -0.4 is 10.2 Å². The molecule has 1 amide bonds. The lowest BCUT2D eigenvalue weighted by Gasteiger charge is -2.06. The maximum atomic E-state index is 12.2. The predicted molar refractivity (Wildman–Crippen MR) is 100 cm³/mol. The van der Waals surface area contributed by atoms with Gasteiger partial charge in [0.25, 0.3) is 5.91 Å². The Morgan fingerprint density at radius 2 is 2.07 bits per heavy atom. The molecule has 10 nitrogen and oxygen atoms in total. The molecule has 0 bridgehead atoms. The molecule has 0 unspecified atom stereocenters. The number of methoxy groups -OCH3 is 1. The van der Waals surface area contributed by atoms with Gasteiger partial charge in [0.05, 0.1) is 29.5 Å². The highest BCUT2D eigenvalue weighted by molar-refractivity contribution is 5.95. The zero-order valence-electron chi connectivity index (χ0n) is 14.6. The van der Waals surface area contributed by atoms with Crippen molar-refractivity contribution < 1.29 is 19.6 Å². The van der Waals surface area contributed by atoms with Gasteiger partial charge in [0.2, 0.25) is 5.75 Å². The minimum Gasteiger partial charge on any atom is -0.504 e. The molecule has 0 aliphatic rings. The number of hydrogen-bond donors (Lipinski definition) is 3. The van der Waals surface area contributed by atoms with Crippen LogP contribution in [0.2, 0.25) is 0 Å². The van der Waals surface area contributed by atoms with E-state index in [2.05, 4.69) is 20.7 Å². The van der Waals surface area contributed by atoms with E-state index in [1.165, 1.54) is 19.2 Å². The molecule has 142 valence electrons. The van der Waals surface area contributed by atoms with Crippen molar-refractivity contribution in [3.05, 3.63) is 69.9 Å². The van der Waals surface area contributed by atoms with Crippen LogP contribution in [0, 0.1) is 10.1 Å². The molecule has 0 saturated carbocycles. The first-order chi connectivity index (χ1) is 13.5.